The predicted octanol–water partition coefficient (Wildman–Crippen LogP) is 3.67. The molecule has 0 radical (unpaired) electrons. The smallest absolute Gasteiger partial charge is 0.254 e. The maximum atomic E-state index is 13.9. The fraction of sp³-hybridized carbons (Fsp3) is 0.409. The van der Waals surface area contributed by atoms with Crippen LogP contribution >= 0.6 is 0 Å². The van der Waals surface area contributed by atoms with Gasteiger partial charge in [0.1, 0.15) is 11.6 Å². The molecule has 2 aromatic rings. The van der Waals surface area contributed by atoms with Gasteiger partial charge in [-0.15, -0.1) is 0 Å². The molecule has 2 aromatic carbocycles. The second-order valence-electron chi connectivity index (χ2n) is 7.99. The van der Waals surface area contributed by atoms with E-state index in [1.54, 1.807) is 0 Å². The quantitative estimate of drug-likeness (QED) is 0.808. The number of hydrogen-bond donors (Lipinski definition) is 0. The maximum absolute atomic E-state index is 13.9. The van der Waals surface area contributed by atoms with E-state index in [4.69, 9.17) is 0 Å². The number of carbonyl (C=O) groups excluding carboxylic acids is 1. The number of halogens is 2. The summed E-state index contributed by atoms with van der Waals surface area (Å²) in [5, 5.41) is 0. The second-order valence-corrected chi connectivity index (χ2v) is 7.99. The van der Waals surface area contributed by atoms with Crippen LogP contribution in [-0.2, 0) is 0 Å². The van der Waals surface area contributed by atoms with Crippen LogP contribution in [0, 0.1) is 17.6 Å². The third kappa shape index (κ3) is 2.76. The normalized spacial score (nSPS) is 31.8. The molecule has 4 aliphatic rings. The molecule has 3 atom stereocenters. The van der Waals surface area contributed by atoms with E-state index in [-0.39, 0.29) is 23.9 Å². The van der Waals surface area contributed by atoms with Crippen molar-refractivity contribution in [2.24, 2.45) is 5.92 Å². The minimum Gasteiger partial charge on any atom is -0.333 e. The van der Waals surface area contributed by atoms with Gasteiger partial charge in [0.25, 0.3) is 5.91 Å². The van der Waals surface area contributed by atoms with Crippen LogP contribution in [0.25, 0.3) is 0 Å². The van der Waals surface area contributed by atoms with Crippen molar-refractivity contribution in [2.45, 2.75) is 30.8 Å². The van der Waals surface area contributed by atoms with E-state index in [1.807, 2.05) is 35.2 Å². The Morgan fingerprint density at radius 2 is 1.59 bits per heavy atom. The summed E-state index contributed by atoms with van der Waals surface area (Å²) in [6.45, 7) is 2.53. The molecule has 5 heteroatoms. The van der Waals surface area contributed by atoms with Gasteiger partial charge in [-0.05, 0) is 61.7 Å². The molecule has 4 heterocycles. The fourth-order valence-electron chi connectivity index (χ4n) is 5.48. The number of rotatable bonds is 2. The molecular formula is C22H22F2N2O. The summed E-state index contributed by atoms with van der Waals surface area (Å²) < 4.78 is 27.8. The van der Waals surface area contributed by atoms with E-state index in [0.29, 0.717) is 23.6 Å². The molecule has 0 N–H and O–H groups in total. The van der Waals surface area contributed by atoms with Crippen LogP contribution < -0.4 is 0 Å². The highest BCUT2D eigenvalue weighted by Crippen LogP contribution is 2.47. The Kier molecular flexibility index (Phi) is 4.01. The van der Waals surface area contributed by atoms with Gasteiger partial charge in [0.15, 0.2) is 0 Å². The molecule has 140 valence electrons. The monoisotopic (exact) mass is 368 g/mol. The Bertz CT molecular complexity index is 844. The van der Waals surface area contributed by atoms with Crippen molar-refractivity contribution in [1.82, 2.24) is 9.80 Å². The van der Waals surface area contributed by atoms with E-state index < -0.39 is 11.6 Å². The van der Waals surface area contributed by atoms with Crippen LogP contribution in [0.2, 0.25) is 0 Å². The van der Waals surface area contributed by atoms with Gasteiger partial charge in [0.05, 0.1) is 6.04 Å². The van der Waals surface area contributed by atoms with Gasteiger partial charge in [-0.25, -0.2) is 8.78 Å². The molecule has 4 fully saturated rings. The largest absolute Gasteiger partial charge is 0.333 e. The Morgan fingerprint density at radius 1 is 0.926 bits per heavy atom. The fourth-order valence-corrected chi connectivity index (χ4v) is 5.48. The van der Waals surface area contributed by atoms with Gasteiger partial charge < -0.3 is 4.90 Å². The van der Waals surface area contributed by atoms with Crippen molar-refractivity contribution in [3.05, 3.63) is 71.3 Å². The van der Waals surface area contributed by atoms with E-state index in [2.05, 4.69) is 4.90 Å². The average Bonchev–Trinajstić information content (AvgIpc) is 3.11. The van der Waals surface area contributed by atoms with Gasteiger partial charge in [-0.3, -0.25) is 9.69 Å². The summed E-state index contributed by atoms with van der Waals surface area (Å²) in [7, 11) is 0. The first-order chi connectivity index (χ1) is 13.1. The molecule has 1 amide bonds. The summed E-state index contributed by atoms with van der Waals surface area (Å²) in [4.78, 5) is 17.7. The minimum atomic E-state index is -0.551. The molecule has 0 aliphatic carbocycles. The van der Waals surface area contributed by atoms with Crippen LogP contribution in [0.5, 0.6) is 0 Å². The highest BCUT2D eigenvalue weighted by molar-refractivity contribution is 5.94. The van der Waals surface area contributed by atoms with Crippen LogP contribution in [0.15, 0.2) is 48.5 Å². The standard InChI is InChI=1S/C22H22F2N2O/c23-17-10-16(11-18(24)12-17)19-13-26(22(27)15-4-2-1-3-5-15)20-14-6-8-25(9-7-14)21(19)20/h1-5,10-12,14,19-21H,6-9,13H2/t19-,20+,21+/m0/s1. The number of amides is 1. The second kappa shape index (κ2) is 6.41. The van der Waals surface area contributed by atoms with Crippen molar-refractivity contribution >= 4 is 5.91 Å². The Morgan fingerprint density at radius 3 is 2.26 bits per heavy atom. The van der Waals surface area contributed by atoms with Gasteiger partial charge in [0, 0.05) is 30.1 Å². The molecule has 0 spiro atoms. The molecule has 0 saturated carbocycles. The first-order valence-corrected chi connectivity index (χ1v) is 9.68. The lowest BCUT2D eigenvalue weighted by Gasteiger charge is -2.51. The number of nitrogens with zero attached hydrogens (tertiary/aromatic N) is 2. The van der Waals surface area contributed by atoms with E-state index >= 15 is 0 Å². The van der Waals surface area contributed by atoms with Crippen molar-refractivity contribution in [2.75, 3.05) is 19.6 Å². The van der Waals surface area contributed by atoms with E-state index in [9.17, 15) is 13.6 Å². The number of fused-ring (bicyclic) bond motifs is 2. The molecular weight excluding hydrogens is 346 g/mol. The highest BCUT2D eigenvalue weighted by Gasteiger charge is 2.54. The van der Waals surface area contributed by atoms with Crippen LogP contribution in [0.3, 0.4) is 0 Å². The van der Waals surface area contributed by atoms with Crippen molar-refractivity contribution in [3.63, 3.8) is 0 Å². The number of carbonyl (C=O) groups is 1. The lowest BCUT2D eigenvalue weighted by Crippen LogP contribution is -2.60. The number of hydrogen-bond acceptors (Lipinski definition) is 2. The first-order valence-electron chi connectivity index (χ1n) is 9.68. The molecule has 6 rings (SSSR count). The zero-order valence-electron chi connectivity index (χ0n) is 15.0. The predicted molar refractivity (Wildman–Crippen MR) is 98.5 cm³/mol. The lowest BCUT2D eigenvalue weighted by atomic mass is 9.75. The average molecular weight is 368 g/mol. The summed E-state index contributed by atoms with van der Waals surface area (Å²) in [6.07, 6.45) is 2.17. The number of piperidine rings is 3. The molecule has 4 saturated heterocycles. The molecule has 4 aliphatic heterocycles. The Balaban J connectivity index is 1.55. The van der Waals surface area contributed by atoms with Crippen LogP contribution in [0.1, 0.15) is 34.7 Å². The summed E-state index contributed by atoms with van der Waals surface area (Å²) >= 11 is 0. The minimum absolute atomic E-state index is 0.0266. The molecule has 3 nitrogen and oxygen atoms in total. The van der Waals surface area contributed by atoms with Crippen LogP contribution in [0.4, 0.5) is 8.78 Å². The molecule has 27 heavy (non-hydrogen) atoms. The lowest BCUT2D eigenvalue weighted by molar-refractivity contribution is -0.00343. The zero-order chi connectivity index (χ0) is 18.5. The van der Waals surface area contributed by atoms with Gasteiger partial charge in [-0.2, -0.15) is 0 Å². The summed E-state index contributed by atoms with van der Waals surface area (Å²) in [5.74, 6) is -0.665. The molecule has 0 unspecified atom stereocenters. The number of benzene rings is 2. The first kappa shape index (κ1) is 16.9. The van der Waals surface area contributed by atoms with E-state index in [1.165, 1.54) is 12.1 Å². The van der Waals surface area contributed by atoms with E-state index in [0.717, 1.165) is 32.0 Å². The molecule has 0 aromatic heterocycles. The summed E-state index contributed by atoms with van der Waals surface area (Å²) in [6, 6.07) is 13.4. The van der Waals surface area contributed by atoms with Crippen molar-refractivity contribution < 1.29 is 13.6 Å². The van der Waals surface area contributed by atoms with Crippen molar-refractivity contribution in [1.29, 1.82) is 0 Å². The molecule has 2 bridgehead atoms. The van der Waals surface area contributed by atoms with Crippen LogP contribution in [-0.4, -0.2) is 47.4 Å². The highest BCUT2D eigenvalue weighted by atomic mass is 19.1. The van der Waals surface area contributed by atoms with Gasteiger partial charge in [0.2, 0.25) is 0 Å². The zero-order valence-corrected chi connectivity index (χ0v) is 15.0. The SMILES string of the molecule is O=C(c1ccccc1)N1C[C@@H](c2cc(F)cc(F)c2)[C@@H]2[C@H]1C1CCN2CC1. The van der Waals surface area contributed by atoms with Gasteiger partial charge in [-0.1, -0.05) is 18.2 Å². The van der Waals surface area contributed by atoms with Crippen molar-refractivity contribution in [3.8, 4) is 0 Å². The van der Waals surface area contributed by atoms with Gasteiger partial charge >= 0.3 is 0 Å². The Hall–Kier alpha value is -2.27. The third-order valence-corrected chi connectivity index (χ3v) is 6.59. The summed E-state index contributed by atoms with van der Waals surface area (Å²) in [5.41, 5.74) is 1.34. The Labute approximate surface area is 157 Å². The maximum Gasteiger partial charge on any atom is 0.254 e. The topological polar surface area (TPSA) is 23.6 Å². The third-order valence-electron chi connectivity index (χ3n) is 6.59. The number of likely N-dealkylation sites (tertiary alicyclic amines) is 1.